The van der Waals surface area contributed by atoms with Crippen LogP contribution in [0.2, 0.25) is 0 Å². The zero-order chi connectivity index (χ0) is 12.3. The number of hydrogen-bond acceptors (Lipinski definition) is 2. The maximum absolute atomic E-state index is 5.58. The molecule has 0 saturated carbocycles. The van der Waals surface area contributed by atoms with Crippen LogP contribution in [0.5, 0.6) is 0 Å². The van der Waals surface area contributed by atoms with E-state index >= 15 is 0 Å². The molecule has 0 unspecified atom stereocenters. The van der Waals surface area contributed by atoms with Crippen LogP contribution in [0.15, 0.2) is 36.0 Å². The molecule has 0 aromatic carbocycles. The summed E-state index contributed by atoms with van der Waals surface area (Å²) in [5.41, 5.74) is 2.62. The summed E-state index contributed by atoms with van der Waals surface area (Å²) in [6.45, 7) is 10.3. The molecule has 2 aliphatic rings. The van der Waals surface area contributed by atoms with Crippen molar-refractivity contribution >= 4 is 0 Å². The molecule has 0 spiro atoms. The molecule has 17 heavy (non-hydrogen) atoms. The molecular formula is C15H22O2. The van der Waals surface area contributed by atoms with Gasteiger partial charge in [-0.2, -0.15) is 0 Å². The topological polar surface area (TPSA) is 18.5 Å². The lowest BCUT2D eigenvalue weighted by atomic mass is 9.78. The predicted molar refractivity (Wildman–Crippen MR) is 69.7 cm³/mol. The van der Waals surface area contributed by atoms with Gasteiger partial charge < -0.3 is 9.47 Å². The van der Waals surface area contributed by atoms with Crippen molar-refractivity contribution in [3.05, 3.63) is 36.0 Å². The minimum Gasteiger partial charge on any atom is -0.353 e. The normalized spacial score (nSPS) is 22.0. The molecule has 1 heterocycles. The van der Waals surface area contributed by atoms with Crippen LogP contribution in [-0.2, 0) is 9.47 Å². The van der Waals surface area contributed by atoms with Gasteiger partial charge in [0, 0.05) is 0 Å². The number of hydrogen-bond donors (Lipinski definition) is 0. The fourth-order valence-corrected chi connectivity index (χ4v) is 2.43. The van der Waals surface area contributed by atoms with E-state index in [9.17, 15) is 0 Å². The number of rotatable bonds is 4. The third-order valence-electron chi connectivity index (χ3n) is 3.54. The van der Waals surface area contributed by atoms with Gasteiger partial charge in [0.25, 0.3) is 0 Å². The Morgan fingerprint density at radius 1 is 1.35 bits per heavy atom. The van der Waals surface area contributed by atoms with E-state index in [1.807, 2.05) is 0 Å². The van der Waals surface area contributed by atoms with Gasteiger partial charge in [-0.3, -0.25) is 0 Å². The van der Waals surface area contributed by atoms with Crippen LogP contribution >= 0.6 is 0 Å². The lowest BCUT2D eigenvalue weighted by molar-refractivity contribution is -0.183. The first-order chi connectivity index (χ1) is 8.09. The second-order valence-electron chi connectivity index (χ2n) is 5.41. The van der Waals surface area contributed by atoms with Gasteiger partial charge in [-0.15, -0.1) is 0 Å². The van der Waals surface area contributed by atoms with Crippen molar-refractivity contribution in [1.82, 2.24) is 0 Å². The lowest BCUT2D eigenvalue weighted by Gasteiger charge is -2.30. The van der Waals surface area contributed by atoms with Gasteiger partial charge in [0.1, 0.15) is 0 Å². The molecule has 0 radical (unpaired) electrons. The lowest BCUT2D eigenvalue weighted by Crippen LogP contribution is -2.27. The second kappa shape index (κ2) is 5.19. The summed E-state index contributed by atoms with van der Waals surface area (Å²) in [4.78, 5) is 0. The minimum atomic E-state index is -0.00810. The molecule has 1 saturated heterocycles. The van der Waals surface area contributed by atoms with Crippen LogP contribution in [0.3, 0.4) is 0 Å². The van der Waals surface area contributed by atoms with Gasteiger partial charge >= 0.3 is 0 Å². The molecule has 0 aromatic rings. The maximum Gasteiger partial charge on any atom is 0.157 e. The summed E-state index contributed by atoms with van der Waals surface area (Å²) in [6, 6.07) is 0. The number of allylic oxidation sites excluding steroid dienone is 5. The van der Waals surface area contributed by atoms with Crippen molar-refractivity contribution < 1.29 is 9.47 Å². The smallest absolute Gasteiger partial charge is 0.157 e. The fraction of sp³-hybridized carbons (Fsp3) is 0.600. The van der Waals surface area contributed by atoms with E-state index < -0.39 is 0 Å². The zero-order valence-electron chi connectivity index (χ0n) is 10.9. The van der Waals surface area contributed by atoms with Crippen molar-refractivity contribution in [2.24, 2.45) is 5.41 Å². The highest BCUT2D eigenvalue weighted by Gasteiger charge is 2.27. The first-order valence-electron chi connectivity index (χ1n) is 6.41. The highest BCUT2D eigenvalue weighted by atomic mass is 16.7. The third-order valence-corrected chi connectivity index (χ3v) is 3.54. The third kappa shape index (κ3) is 3.08. The van der Waals surface area contributed by atoms with Crippen LogP contribution in [0.1, 0.15) is 33.1 Å². The largest absolute Gasteiger partial charge is 0.353 e. The average Bonchev–Trinajstić information content (AvgIpc) is 2.75. The van der Waals surface area contributed by atoms with E-state index in [1.54, 1.807) is 0 Å². The summed E-state index contributed by atoms with van der Waals surface area (Å²) in [7, 11) is 0. The first-order valence-corrected chi connectivity index (χ1v) is 6.41. The summed E-state index contributed by atoms with van der Waals surface area (Å²) in [5, 5.41) is 0. The Morgan fingerprint density at radius 3 is 2.65 bits per heavy atom. The molecule has 2 heteroatoms. The Bertz CT molecular complexity index is 344. The van der Waals surface area contributed by atoms with E-state index in [4.69, 9.17) is 9.47 Å². The first kappa shape index (κ1) is 12.6. The predicted octanol–water partition coefficient (Wildman–Crippen LogP) is 3.61. The van der Waals surface area contributed by atoms with Gasteiger partial charge in [0.05, 0.1) is 13.2 Å². The molecule has 1 aliphatic heterocycles. The Balaban J connectivity index is 1.86. The summed E-state index contributed by atoms with van der Waals surface area (Å²) >= 11 is 0. The molecule has 0 N–H and O–H groups in total. The Hall–Kier alpha value is -0.860. The van der Waals surface area contributed by atoms with Crippen molar-refractivity contribution in [2.45, 2.75) is 39.4 Å². The molecule has 0 aromatic heterocycles. The molecule has 0 amide bonds. The van der Waals surface area contributed by atoms with Crippen LogP contribution < -0.4 is 0 Å². The maximum atomic E-state index is 5.58. The standard InChI is InChI=1S/C15H22O2/c1-12-6-4-7-13(12)15(2,3)9-8-14-16-10-5-11-17-14/h4,6-7,14H,1,5,8-11H2,2-3H3. The molecule has 2 rings (SSSR count). The van der Waals surface area contributed by atoms with Crippen LogP contribution in [0, 0.1) is 5.41 Å². The van der Waals surface area contributed by atoms with E-state index in [-0.39, 0.29) is 11.7 Å². The average molecular weight is 234 g/mol. The second-order valence-corrected chi connectivity index (χ2v) is 5.41. The quantitative estimate of drug-likeness (QED) is 0.740. The van der Waals surface area contributed by atoms with Gasteiger partial charge in [0.15, 0.2) is 6.29 Å². The summed E-state index contributed by atoms with van der Waals surface area (Å²) < 4.78 is 11.2. The molecule has 94 valence electrons. The zero-order valence-corrected chi connectivity index (χ0v) is 10.9. The van der Waals surface area contributed by atoms with Gasteiger partial charge in [0.2, 0.25) is 0 Å². The molecule has 0 atom stereocenters. The van der Waals surface area contributed by atoms with Crippen LogP contribution in [0.25, 0.3) is 0 Å². The molecular weight excluding hydrogens is 212 g/mol. The highest BCUT2D eigenvalue weighted by Crippen LogP contribution is 2.39. The Labute approximate surface area is 104 Å². The molecule has 2 nitrogen and oxygen atoms in total. The van der Waals surface area contributed by atoms with Gasteiger partial charge in [-0.1, -0.05) is 38.7 Å². The van der Waals surface area contributed by atoms with Crippen molar-refractivity contribution in [2.75, 3.05) is 13.2 Å². The fourth-order valence-electron chi connectivity index (χ4n) is 2.43. The minimum absolute atomic E-state index is 0.00810. The monoisotopic (exact) mass is 234 g/mol. The number of ether oxygens (including phenoxy) is 2. The Kier molecular flexibility index (Phi) is 3.85. The Morgan fingerprint density at radius 2 is 2.06 bits per heavy atom. The van der Waals surface area contributed by atoms with Gasteiger partial charge in [-0.05, 0) is 35.8 Å². The highest BCUT2D eigenvalue weighted by molar-refractivity contribution is 5.49. The molecule has 1 aliphatic carbocycles. The summed E-state index contributed by atoms with van der Waals surface area (Å²) in [6.07, 6.45) is 9.35. The van der Waals surface area contributed by atoms with Crippen molar-refractivity contribution in [3.8, 4) is 0 Å². The molecule has 1 fully saturated rings. The van der Waals surface area contributed by atoms with Crippen molar-refractivity contribution in [1.29, 1.82) is 0 Å². The van der Waals surface area contributed by atoms with E-state index in [2.05, 4.69) is 38.7 Å². The summed E-state index contributed by atoms with van der Waals surface area (Å²) in [5.74, 6) is 0. The van der Waals surface area contributed by atoms with Crippen molar-refractivity contribution in [3.63, 3.8) is 0 Å². The molecule has 0 bridgehead atoms. The van der Waals surface area contributed by atoms with Crippen LogP contribution in [-0.4, -0.2) is 19.5 Å². The van der Waals surface area contributed by atoms with E-state index in [0.717, 1.165) is 38.0 Å². The van der Waals surface area contributed by atoms with E-state index in [1.165, 1.54) is 5.57 Å². The van der Waals surface area contributed by atoms with E-state index in [0.29, 0.717) is 0 Å². The van der Waals surface area contributed by atoms with Crippen LogP contribution in [0.4, 0.5) is 0 Å². The van der Waals surface area contributed by atoms with Gasteiger partial charge in [-0.25, -0.2) is 0 Å². The SMILES string of the molecule is C=C1C=CC=C1C(C)(C)CCC1OCCCO1.